The van der Waals surface area contributed by atoms with Gasteiger partial charge in [-0.05, 0) is 52.7 Å². The van der Waals surface area contributed by atoms with Gasteiger partial charge in [-0.3, -0.25) is 5.32 Å². The van der Waals surface area contributed by atoms with Gasteiger partial charge < -0.3 is 10.1 Å². The van der Waals surface area contributed by atoms with Gasteiger partial charge >= 0.3 is 6.09 Å². The number of carbonyl (C=O) groups excluding carboxylic acids is 1. The van der Waals surface area contributed by atoms with Crippen molar-refractivity contribution >= 4 is 39.3 Å². The van der Waals surface area contributed by atoms with E-state index in [1.54, 1.807) is 6.33 Å². The number of carbonyl (C=O) groups is 1. The Balaban J connectivity index is 1.46. The van der Waals surface area contributed by atoms with Crippen LogP contribution in [0.25, 0.3) is 10.9 Å². The molecule has 2 aromatic heterocycles. The summed E-state index contributed by atoms with van der Waals surface area (Å²) in [5.41, 5.74) is 2.64. The average Bonchev–Trinajstić information content (AvgIpc) is 3.02. The number of nitrogens with zero attached hydrogens (tertiary/aromatic N) is 3. The second-order valence-corrected chi connectivity index (χ2v) is 9.43. The van der Waals surface area contributed by atoms with Gasteiger partial charge in [-0.2, -0.15) is 0 Å². The zero-order valence-corrected chi connectivity index (χ0v) is 17.9. The van der Waals surface area contributed by atoms with Crippen molar-refractivity contribution in [2.24, 2.45) is 0 Å². The van der Waals surface area contributed by atoms with E-state index in [-0.39, 0.29) is 6.04 Å². The van der Waals surface area contributed by atoms with E-state index in [0.29, 0.717) is 5.13 Å². The van der Waals surface area contributed by atoms with Crippen molar-refractivity contribution < 1.29 is 9.53 Å². The standard InChI is InChI=1S/C21H25N5O2S/c1-12-5-7-15-14(9-12)18(23-11-22-15)24-13-6-8-16-17(10-13)29-19(25-16)26-20(27)28-21(2,3)4/h5,7,9,11,13H,6,8,10H2,1-4H3,(H,22,23,24)(H,25,26,27). The molecule has 1 unspecified atom stereocenters. The Kier molecular flexibility index (Phi) is 5.12. The topological polar surface area (TPSA) is 89.0 Å². The molecule has 0 fully saturated rings. The van der Waals surface area contributed by atoms with Crippen molar-refractivity contribution in [1.29, 1.82) is 0 Å². The van der Waals surface area contributed by atoms with Crippen LogP contribution < -0.4 is 10.6 Å². The second-order valence-electron chi connectivity index (χ2n) is 8.34. The van der Waals surface area contributed by atoms with E-state index in [1.165, 1.54) is 21.8 Å². The van der Waals surface area contributed by atoms with Crippen molar-refractivity contribution in [3.63, 3.8) is 0 Å². The van der Waals surface area contributed by atoms with E-state index in [2.05, 4.69) is 44.6 Å². The molecule has 152 valence electrons. The van der Waals surface area contributed by atoms with Crippen LogP contribution in [0.2, 0.25) is 0 Å². The highest BCUT2D eigenvalue weighted by Crippen LogP contribution is 2.32. The van der Waals surface area contributed by atoms with Crippen LogP contribution in [0.15, 0.2) is 24.5 Å². The largest absolute Gasteiger partial charge is 0.444 e. The van der Waals surface area contributed by atoms with Crippen molar-refractivity contribution in [2.45, 2.75) is 58.6 Å². The first-order valence-corrected chi connectivity index (χ1v) is 10.5. The van der Waals surface area contributed by atoms with Crippen LogP contribution in [0, 0.1) is 6.92 Å². The Hall–Kier alpha value is -2.74. The molecule has 0 radical (unpaired) electrons. The third-order valence-corrected chi connectivity index (χ3v) is 5.71. The summed E-state index contributed by atoms with van der Waals surface area (Å²) in [6.45, 7) is 7.59. The molecule has 1 aliphatic carbocycles. The first-order valence-electron chi connectivity index (χ1n) is 9.73. The summed E-state index contributed by atoms with van der Waals surface area (Å²) in [4.78, 5) is 26.6. The maximum absolute atomic E-state index is 12.0. The average molecular weight is 412 g/mol. The normalized spacial score (nSPS) is 16.3. The number of aromatic nitrogens is 3. The monoisotopic (exact) mass is 411 g/mol. The van der Waals surface area contributed by atoms with Crippen molar-refractivity contribution in [1.82, 2.24) is 15.0 Å². The van der Waals surface area contributed by atoms with E-state index in [1.807, 2.05) is 26.8 Å². The lowest BCUT2D eigenvalue weighted by Gasteiger charge is -2.23. The predicted octanol–water partition coefficient (Wildman–Crippen LogP) is 4.71. The minimum atomic E-state index is -0.533. The maximum atomic E-state index is 12.0. The summed E-state index contributed by atoms with van der Waals surface area (Å²) in [7, 11) is 0. The van der Waals surface area contributed by atoms with Crippen LogP contribution in [-0.4, -0.2) is 32.7 Å². The number of anilines is 2. The summed E-state index contributed by atoms with van der Waals surface area (Å²) >= 11 is 1.51. The molecule has 0 saturated heterocycles. The molecule has 0 saturated carbocycles. The lowest BCUT2D eigenvalue weighted by Crippen LogP contribution is -2.27. The first kappa shape index (κ1) is 19.6. The Bertz CT molecular complexity index is 1060. The van der Waals surface area contributed by atoms with Crippen LogP contribution in [0.4, 0.5) is 15.7 Å². The molecule has 29 heavy (non-hydrogen) atoms. The number of rotatable bonds is 3. The molecule has 7 nitrogen and oxygen atoms in total. The quantitative estimate of drug-likeness (QED) is 0.649. The van der Waals surface area contributed by atoms with Gasteiger partial charge in [-0.1, -0.05) is 11.6 Å². The summed E-state index contributed by atoms with van der Waals surface area (Å²) < 4.78 is 5.31. The lowest BCUT2D eigenvalue weighted by molar-refractivity contribution is 0.0636. The van der Waals surface area contributed by atoms with Gasteiger partial charge in [0.25, 0.3) is 0 Å². The SMILES string of the molecule is Cc1ccc2ncnc(NC3CCc4nc(NC(=O)OC(C)(C)C)sc4C3)c2c1. The molecule has 2 N–H and O–H groups in total. The van der Waals surface area contributed by atoms with Crippen molar-refractivity contribution in [3.8, 4) is 0 Å². The zero-order valence-electron chi connectivity index (χ0n) is 17.1. The summed E-state index contributed by atoms with van der Waals surface area (Å²) in [5.74, 6) is 0.865. The Labute approximate surface area is 173 Å². The van der Waals surface area contributed by atoms with Crippen molar-refractivity contribution in [3.05, 3.63) is 40.7 Å². The predicted molar refractivity (Wildman–Crippen MR) is 116 cm³/mol. The lowest BCUT2D eigenvalue weighted by atomic mass is 9.97. The molecule has 0 spiro atoms. The van der Waals surface area contributed by atoms with Crippen LogP contribution in [0.5, 0.6) is 0 Å². The van der Waals surface area contributed by atoms with Gasteiger partial charge in [0.05, 0.1) is 11.2 Å². The van der Waals surface area contributed by atoms with Gasteiger partial charge in [0.1, 0.15) is 17.7 Å². The maximum Gasteiger partial charge on any atom is 0.413 e. The molecule has 1 aromatic carbocycles. The number of amides is 1. The van der Waals surface area contributed by atoms with Crippen molar-refractivity contribution in [2.75, 3.05) is 10.6 Å². The fraction of sp³-hybridized carbons (Fsp3) is 0.429. The van der Waals surface area contributed by atoms with Gasteiger partial charge in [0.2, 0.25) is 0 Å². The Morgan fingerprint density at radius 1 is 1.28 bits per heavy atom. The highest BCUT2D eigenvalue weighted by Gasteiger charge is 2.25. The molecule has 1 amide bonds. The second kappa shape index (κ2) is 7.59. The molecular formula is C21H25N5O2S. The van der Waals surface area contributed by atoms with Crippen LogP contribution in [0.3, 0.4) is 0 Å². The van der Waals surface area contributed by atoms with E-state index in [0.717, 1.165) is 41.7 Å². The number of aryl methyl sites for hydroxylation is 2. The first-order chi connectivity index (χ1) is 13.8. The minimum Gasteiger partial charge on any atom is -0.444 e. The van der Waals surface area contributed by atoms with E-state index < -0.39 is 11.7 Å². The summed E-state index contributed by atoms with van der Waals surface area (Å²) in [6.07, 6.45) is 3.80. The summed E-state index contributed by atoms with van der Waals surface area (Å²) in [5, 5.41) is 7.97. The van der Waals surface area contributed by atoms with E-state index in [4.69, 9.17) is 4.74 Å². The molecule has 8 heteroatoms. The van der Waals surface area contributed by atoms with Crippen LogP contribution >= 0.6 is 11.3 Å². The molecule has 1 aliphatic rings. The fourth-order valence-corrected chi connectivity index (χ4v) is 4.50. The van der Waals surface area contributed by atoms with Gasteiger partial charge in [0, 0.05) is 22.7 Å². The van der Waals surface area contributed by atoms with E-state index in [9.17, 15) is 4.79 Å². The summed E-state index contributed by atoms with van der Waals surface area (Å²) in [6, 6.07) is 6.45. The number of hydrogen-bond donors (Lipinski definition) is 2. The van der Waals surface area contributed by atoms with Crippen LogP contribution in [-0.2, 0) is 17.6 Å². The molecule has 2 heterocycles. The number of ether oxygens (including phenoxy) is 1. The highest BCUT2D eigenvalue weighted by atomic mass is 32.1. The Morgan fingerprint density at radius 2 is 2.10 bits per heavy atom. The number of hydrogen-bond acceptors (Lipinski definition) is 7. The molecule has 0 bridgehead atoms. The van der Waals surface area contributed by atoms with Gasteiger partial charge in [0.15, 0.2) is 5.13 Å². The number of fused-ring (bicyclic) bond motifs is 2. The molecule has 1 atom stereocenters. The number of benzene rings is 1. The molecule has 3 aromatic rings. The van der Waals surface area contributed by atoms with Gasteiger partial charge in [-0.15, -0.1) is 11.3 Å². The number of nitrogens with one attached hydrogen (secondary N) is 2. The fourth-order valence-electron chi connectivity index (χ4n) is 3.42. The molecule has 0 aliphatic heterocycles. The number of thiazole rings is 1. The zero-order chi connectivity index (χ0) is 20.6. The third-order valence-electron chi connectivity index (χ3n) is 4.68. The van der Waals surface area contributed by atoms with Crippen LogP contribution in [0.1, 0.15) is 43.3 Å². The van der Waals surface area contributed by atoms with E-state index >= 15 is 0 Å². The Morgan fingerprint density at radius 3 is 2.90 bits per heavy atom. The third kappa shape index (κ3) is 4.64. The highest BCUT2D eigenvalue weighted by molar-refractivity contribution is 7.15. The molecule has 4 rings (SSSR count). The van der Waals surface area contributed by atoms with Gasteiger partial charge in [-0.25, -0.2) is 19.7 Å². The minimum absolute atomic E-state index is 0.260. The molecular weight excluding hydrogens is 386 g/mol. The smallest absolute Gasteiger partial charge is 0.413 e.